The van der Waals surface area contributed by atoms with Crippen LogP contribution in [0.3, 0.4) is 0 Å². The van der Waals surface area contributed by atoms with Crippen LogP contribution in [0.4, 0.5) is 0 Å². The zero-order chi connectivity index (χ0) is 18.8. The molecule has 0 bridgehead atoms. The molecule has 1 aliphatic carbocycles. The number of allylic oxidation sites excluding steroid dienone is 1. The maximum absolute atomic E-state index is 11.9. The molecular formula is C21H24N2O4. The van der Waals surface area contributed by atoms with Gasteiger partial charge in [0, 0.05) is 17.2 Å². The van der Waals surface area contributed by atoms with Gasteiger partial charge in [-0.05, 0) is 44.4 Å². The molecule has 1 N–H and O–H groups in total. The molecule has 2 aromatic rings. The Hall–Kier alpha value is -2.76. The van der Waals surface area contributed by atoms with Gasteiger partial charge in [0.15, 0.2) is 11.5 Å². The van der Waals surface area contributed by atoms with Crippen molar-refractivity contribution in [3.63, 3.8) is 0 Å². The molecule has 4 rings (SSSR count). The van der Waals surface area contributed by atoms with E-state index in [1.165, 1.54) is 0 Å². The molecule has 0 saturated heterocycles. The molecule has 2 aliphatic rings. The number of ether oxygens (including phenoxy) is 3. The van der Waals surface area contributed by atoms with Gasteiger partial charge < -0.3 is 14.2 Å². The van der Waals surface area contributed by atoms with Crippen molar-refractivity contribution in [3.05, 3.63) is 41.7 Å². The number of benzene rings is 1. The van der Waals surface area contributed by atoms with E-state index in [9.17, 15) is 4.79 Å². The first-order valence-electron chi connectivity index (χ1n) is 9.47. The van der Waals surface area contributed by atoms with Crippen LogP contribution in [0.5, 0.6) is 11.5 Å². The number of aryl methyl sites for hydroxylation is 1. The van der Waals surface area contributed by atoms with Crippen LogP contribution in [0.1, 0.15) is 37.1 Å². The summed E-state index contributed by atoms with van der Waals surface area (Å²) in [6, 6.07) is 6.01. The molecule has 0 amide bonds. The number of nitrogens with one attached hydrogen (secondary N) is 1. The van der Waals surface area contributed by atoms with Gasteiger partial charge in [-0.15, -0.1) is 0 Å². The van der Waals surface area contributed by atoms with E-state index in [2.05, 4.69) is 16.3 Å². The van der Waals surface area contributed by atoms with Gasteiger partial charge in [-0.3, -0.25) is 9.89 Å². The highest BCUT2D eigenvalue weighted by molar-refractivity contribution is 5.75. The smallest absolute Gasteiger partial charge is 0.312 e. The zero-order valence-electron chi connectivity index (χ0n) is 15.7. The molecular weight excluding hydrogens is 344 g/mol. The SMILES string of the molecule is CCOC(=O)C1C=CC(c2n[nH]c(C)c2-c2ccc3c(c2)OCCO3)CC1. The van der Waals surface area contributed by atoms with Crippen molar-refractivity contribution in [3.8, 4) is 22.6 Å². The lowest BCUT2D eigenvalue weighted by molar-refractivity contribution is -0.146. The number of hydrogen-bond donors (Lipinski definition) is 1. The Balaban J connectivity index is 1.61. The second-order valence-corrected chi connectivity index (χ2v) is 6.89. The fourth-order valence-electron chi connectivity index (χ4n) is 3.77. The molecule has 2 unspecified atom stereocenters. The number of carbonyl (C=O) groups is 1. The first-order valence-corrected chi connectivity index (χ1v) is 9.47. The summed E-state index contributed by atoms with van der Waals surface area (Å²) in [5.41, 5.74) is 4.17. The van der Waals surface area contributed by atoms with E-state index in [4.69, 9.17) is 14.2 Å². The van der Waals surface area contributed by atoms with Gasteiger partial charge in [0.2, 0.25) is 0 Å². The number of hydrogen-bond acceptors (Lipinski definition) is 5. The Morgan fingerprint density at radius 3 is 2.78 bits per heavy atom. The topological polar surface area (TPSA) is 73.4 Å². The standard InChI is InChI=1S/C21H24N2O4/c1-3-25-21(24)15-6-4-14(5-7-15)20-19(13(2)22-23-20)16-8-9-17-18(12-16)27-11-10-26-17/h4,6,8-9,12,14-15H,3,5,7,10-11H2,1-2H3,(H,22,23). The lowest BCUT2D eigenvalue weighted by Gasteiger charge is -2.22. The average molecular weight is 368 g/mol. The number of aromatic amines is 1. The summed E-state index contributed by atoms with van der Waals surface area (Å²) >= 11 is 0. The summed E-state index contributed by atoms with van der Waals surface area (Å²) in [5, 5.41) is 7.69. The lowest BCUT2D eigenvalue weighted by atomic mass is 9.84. The van der Waals surface area contributed by atoms with E-state index in [1.54, 1.807) is 0 Å². The second kappa shape index (κ2) is 7.47. The summed E-state index contributed by atoms with van der Waals surface area (Å²) in [5.74, 6) is 1.43. The third kappa shape index (κ3) is 3.44. The molecule has 0 fully saturated rings. The quantitative estimate of drug-likeness (QED) is 0.657. The number of fused-ring (bicyclic) bond motifs is 1. The summed E-state index contributed by atoms with van der Waals surface area (Å²) in [4.78, 5) is 11.9. The predicted octanol–water partition coefficient (Wildman–Crippen LogP) is 3.77. The highest BCUT2D eigenvalue weighted by Crippen LogP contribution is 2.40. The molecule has 0 radical (unpaired) electrons. The van der Waals surface area contributed by atoms with Crippen LogP contribution in [0.25, 0.3) is 11.1 Å². The van der Waals surface area contributed by atoms with E-state index in [0.717, 1.165) is 46.9 Å². The minimum atomic E-state index is -0.154. The summed E-state index contributed by atoms with van der Waals surface area (Å²) in [7, 11) is 0. The van der Waals surface area contributed by atoms with Crippen LogP contribution < -0.4 is 9.47 Å². The number of rotatable bonds is 4. The highest BCUT2D eigenvalue weighted by Gasteiger charge is 2.27. The number of esters is 1. The van der Waals surface area contributed by atoms with Gasteiger partial charge in [-0.25, -0.2) is 0 Å². The minimum Gasteiger partial charge on any atom is -0.486 e. The molecule has 1 aromatic carbocycles. The molecule has 6 heteroatoms. The molecule has 0 saturated carbocycles. The fraction of sp³-hybridized carbons (Fsp3) is 0.429. The molecule has 1 aromatic heterocycles. The van der Waals surface area contributed by atoms with Crippen molar-refractivity contribution >= 4 is 5.97 Å². The van der Waals surface area contributed by atoms with Gasteiger partial charge in [-0.1, -0.05) is 18.2 Å². The van der Waals surface area contributed by atoms with Crippen molar-refractivity contribution < 1.29 is 19.0 Å². The first kappa shape index (κ1) is 17.6. The number of H-pyrrole nitrogens is 1. The summed E-state index contributed by atoms with van der Waals surface area (Å²) < 4.78 is 16.5. The molecule has 27 heavy (non-hydrogen) atoms. The van der Waals surface area contributed by atoms with Gasteiger partial charge in [0.25, 0.3) is 0 Å². The minimum absolute atomic E-state index is 0.141. The third-order valence-electron chi connectivity index (χ3n) is 5.11. The maximum atomic E-state index is 11.9. The van der Waals surface area contributed by atoms with Crippen molar-refractivity contribution in [1.82, 2.24) is 10.2 Å². The monoisotopic (exact) mass is 368 g/mol. The predicted molar refractivity (Wildman–Crippen MR) is 101 cm³/mol. The Bertz CT molecular complexity index is 871. The molecule has 1 aliphatic heterocycles. The molecule has 6 nitrogen and oxygen atoms in total. The van der Waals surface area contributed by atoms with Crippen molar-refractivity contribution in [2.24, 2.45) is 5.92 Å². The van der Waals surface area contributed by atoms with Crippen LogP contribution in [-0.4, -0.2) is 36.0 Å². The van der Waals surface area contributed by atoms with Gasteiger partial charge in [0.05, 0.1) is 18.2 Å². The fourth-order valence-corrected chi connectivity index (χ4v) is 3.77. The third-order valence-corrected chi connectivity index (χ3v) is 5.11. The number of aromatic nitrogens is 2. The maximum Gasteiger partial charge on any atom is 0.312 e. The van der Waals surface area contributed by atoms with E-state index in [1.807, 2.05) is 38.1 Å². The molecule has 2 atom stereocenters. The second-order valence-electron chi connectivity index (χ2n) is 6.89. The van der Waals surface area contributed by atoms with Crippen molar-refractivity contribution in [2.75, 3.05) is 19.8 Å². The van der Waals surface area contributed by atoms with E-state index < -0.39 is 0 Å². The van der Waals surface area contributed by atoms with Gasteiger partial charge in [-0.2, -0.15) is 5.10 Å². The normalized spacial score (nSPS) is 21.1. The highest BCUT2D eigenvalue weighted by atomic mass is 16.6. The largest absolute Gasteiger partial charge is 0.486 e. The van der Waals surface area contributed by atoms with Gasteiger partial charge in [0.1, 0.15) is 13.2 Å². The van der Waals surface area contributed by atoms with Crippen LogP contribution in [0.15, 0.2) is 30.4 Å². The van der Waals surface area contributed by atoms with Crippen LogP contribution >= 0.6 is 0 Å². The van der Waals surface area contributed by atoms with Crippen LogP contribution in [0, 0.1) is 12.8 Å². The number of carbonyl (C=O) groups excluding carboxylic acids is 1. The van der Waals surface area contributed by atoms with E-state index in [0.29, 0.717) is 19.8 Å². The van der Waals surface area contributed by atoms with Gasteiger partial charge >= 0.3 is 5.97 Å². The first-order chi connectivity index (χ1) is 13.2. The van der Waals surface area contributed by atoms with Crippen LogP contribution in [-0.2, 0) is 9.53 Å². The Morgan fingerprint density at radius 1 is 1.22 bits per heavy atom. The Kier molecular flexibility index (Phi) is 4.88. The number of nitrogens with zero attached hydrogens (tertiary/aromatic N) is 1. The van der Waals surface area contributed by atoms with E-state index in [-0.39, 0.29) is 17.8 Å². The van der Waals surface area contributed by atoms with Crippen molar-refractivity contribution in [1.29, 1.82) is 0 Å². The van der Waals surface area contributed by atoms with Crippen molar-refractivity contribution in [2.45, 2.75) is 32.6 Å². The Labute approximate surface area is 158 Å². The summed E-state index contributed by atoms with van der Waals surface area (Å²) in [6.45, 7) is 5.42. The van der Waals surface area contributed by atoms with Crippen LogP contribution in [0.2, 0.25) is 0 Å². The Morgan fingerprint density at radius 2 is 2.04 bits per heavy atom. The summed E-state index contributed by atoms with van der Waals surface area (Å²) in [6.07, 6.45) is 5.68. The molecule has 0 spiro atoms. The lowest BCUT2D eigenvalue weighted by Crippen LogP contribution is -2.19. The molecule has 142 valence electrons. The zero-order valence-corrected chi connectivity index (χ0v) is 15.7. The molecule has 2 heterocycles. The average Bonchev–Trinajstić information content (AvgIpc) is 3.09. The van der Waals surface area contributed by atoms with E-state index >= 15 is 0 Å².